The molecule has 21 heavy (non-hydrogen) atoms. The molecule has 0 fully saturated rings. The maximum Gasteiger partial charge on any atom is 0.307 e. The van der Waals surface area contributed by atoms with Crippen molar-refractivity contribution < 1.29 is 4.79 Å². The monoisotopic (exact) mass is 278 g/mol. The van der Waals surface area contributed by atoms with E-state index in [1.165, 1.54) is 5.56 Å². The number of imidazole rings is 1. The highest BCUT2D eigenvalue weighted by Gasteiger charge is 2.09. The van der Waals surface area contributed by atoms with Crippen molar-refractivity contribution in [2.45, 2.75) is 6.92 Å². The number of hydrogen-bond donors (Lipinski definition) is 2. The molecule has 0 saturated carbocycles. The Morgan fingerprint density at radius 1 is 1.19 bits per heavy atom. The van der Waals surface area contributed by atoms with Gasteiger partial charge in [-0.2, -0.15) is 5.10 Å². The normalized spacial score (nSPS) is 11.1. The van der Waals surface area contributed by atoms with Crippen molar-refractivity contribution >= 4 is 23.2 Å². The minimum Gasteiger partial charge on any atom is -0.334 e. The number of amides is 1. The Kier molecular flexibility index (Phi) is 3.47. The summed E-state index contributed by atoms with van der Waals surface area (Å²) >= 11 is 0. The summed E-state index contributed by atoms with van der Waals surface area (Å²) in [5, 5.41) is 3.93. The van der Waals surface area contributed by atoms with Crippen LogP contribution in [0.5, 0.6) is 0 Å². The van der Waals surface area contributed by atoms with E-state index in [1.54, 1.807) is 6.21 Å². The number of para-hydroxylation sites is 2. The summed E-state index contributed by atoms with van der Waals surface area (Å²) in [5.74, 6) is -0.119. The summed E-state index contributed by atoms with van der Waals surface area (Å²) in [6.07, 6.45) is 1.60. The van der Waals surface area contributed by atoms with E-state index in [1.807, 2.05) is 55.5 Å². The first-order chi connectivity index (χ1) is 10.2. The number of carbonyl (C=O) groups is 1. The zero-order valence-electron chi connectivity index (χ0n) is 11.5. The van der Waals surface area contributed by atoms with E-state index in [0.29, 0.717) is 0 Å². The van der Waals surface area contributed by atoms with Crippen molar-refractivity contribution in [3.8, 4) is 0 Å². The molecule has 5 heteroatoms. The minimum absolute atomic E-state index is 0.247. The van der Waals surface area contributed by atoms with E-state index in [-0.39, 0.29) is 11.7 Å². The van der Waals surface area contributed by atoms with Gasteiger partial charge < -0.3 is 4.98 Å². The van der Waals surface area contributed by atoms with E-state index in [2.05, 4.69) is 20.5 Å². The largest absolute Gasteiger partial charge is 0.334 e. The summed E-state index contributed by atoms with van der Waals surface area (Å²) in [4.78, 5) is 19.1. The second-order valence-electron chi connectivity index (χ2n) is 4.71. The average molecular weight is 278 g/mol. The van der Waals surface area contributed by atoms with Crippen LogP contribution in [0, 0.1) is 6.92 Å². The number of rotatable bonds is 3. The van der Waals surface area contributed by atoms with Crippen LogP contribution < -0.4 is 5.43 Å². The summed E-state index contributed by atoms with van der Waals surface area (Å²) in [6.45, 7) is 2.02. The van der Waals surface area contributed by atoms with E-state index in [4.69, 9.17) is 0 Å². The molecule has 1 aromatic heterocycles. The number of nitrogens with one attached hydrogen (secondary N) is 2. The van der Waals surface area contributed by atoms with Gasteiger partial charge in [0.2, 0.25) is 0 Å². The third-order valence-electron chi connectivity index (χ3n) is 3.06. The lowest BCUT2D eigenvalue weighted by molar-refractivity contribution is 0.0946. The van der Waals surface area contributed by atoms with Crippen molar-refractivity contribution in [1.29, 1.82) is 0 Å². The maximum atomic E-state index is 11.9. The van der Waals surface area contributed by atoms with E-state index < -0.39 is 0 Å². The topological polar surface area (TPSA) is 70.1 Å². The Balaban J connectivity index is 1.70. The number of fused-ring (bicyclic) bond motifs is 1. The number of aromatic amines is 1. The van der Waals surface area contributed by atoms with Gasteiger partial charge in [0.25, 0.3) is 0 Å². The summed E-state index contributed by atoms with van der Waals surface area (Å²) in [6, 6.07) is 15.3. The summed E-state index contributed by atoms with van der Waals surface area (Å²) in [7, 11) is 0. The molecule has 0 bridgehead atoms. The van der Waals surface area contributed by atoms with Crippen LogP contribution in [0.3, 0.4) is 0 Å². The number of aryl methyl sites for hydroxylation is 1. The second-order valence-corrected chi connectivity index (χ2v) is 4.71. The molecule has 5 nitrogen and oxygen atoms in total. The Morgan fingerprint density at radius 2 is 1.95 bits per heavy atom. The third kappa shape index (κ3) is 2.97. The maximum absolute atomic E-state index is 11.9. The van der Waals surface area contributed by atoms with Crippen LogP contribution in [0.2, 0.25) is 0 Å². The van der Waals surface area contributed by atoms with Crippen LogP contribution in [0.4, 0.5) is 0 Å². The molecule has 0 aliphatic rings. The Bertz CT molecular complexity index is 770. The molecule has 1 amide bonds. The molecule has 0 aliphatic heterocycles. The lowest BCUT2D eigenvalue weighted by Crippen LogP contribution is -2.19. The standard InChI is InChI=1S/C16H14N4O/c1-11-6-8-12(9-7-11)10-17-20-16(21)15-18-13-4-2-3-5-14(13)19-15/h2-10H,1H3,(H,18,19)(H,20,21)/b17-10+. The van der Waals surface area contributed by atoms with Crippen LogP contribution in [-0.4, -0.2) is 22.1 Å². The Labute approximate surface area is 121 Å². The third-order valence-corrected chi connectivity index (χ3v) is 3.06. The highest BCUT2D eigenvalue weighted by molar-refractivity contribution is 5.94. The molecule has 3 aromatic rings. The molecule has 104 valence electrons. The molecular weight excluding hydrogens is 264 g/mol. The van der Waals surface area contributed by atoms with Crippen molar-refractivity contribution in [1.82, 2.24) is 15.4 Å². The first-order valence-electron chi connectivity index (χ1n) is 6.57. The number of carbonyl (C=O) groups excluding carboxylic acids is 1. The van der Waals surface area contributed by atoms with Gasteiger partial charge in [-0.3, -0.25) is 4.79 Å². The van der Waals surface area contributed by atoms with Crippen LogP contribution in [-0.2, 0) is 0 Å². The molecule has 3 rings (SSSR count). The van der Waals surface area contributed by atoms with Crippen molar-refractivity contribution in [2.75, 3.05) is 0 Å². The molecular formula is C16H14N4O. The Hall–Kier alpha value is -2.95. The van der Waals surface area contributed by atoms with E-state index >= 15 is 0 Å². The molecule has 1 heterocycles. The van der Waals surface area contributed by atoms with Gasteiger partial charge in [0.15, 0.2) is 5.82 Å². The fraction of sp³-hybridized carbons (Fsp3) is 0.0625. The highest BCUT2D eigenvalue weighted by Crippen LogP contribution is 2.09. The summed E-state index contributed by atoms with van der Waals surface area (Å²) in [5.41, 5.74) is 6.14. The van der Waals surface area contributed by atoms with Gasteiger partial charge in [-0.05, 0) is 24.6 Å². The number of H-pyrrole nitrogens is 1. The van der Waals surface area contributed by atoms with Gasteiger partial charge in [-0.25, -0.2) is 10.4 Å². The van der Waals surface area contributed by atoms with Gasteiger partial charge in [0, 0.05) is 0 Å². The molecule has 0 aliphatic carbocycles. The molecule has 0 unspecified atom stereocenters. The zero-order chi connectivity index (χ0) is 14.7. The number of aromatic nitrogens is 2. The molecule has 0 radical (unpaired) electrons. The number of benzene rings is 2. The van der Waals surface area contributed by atoms with Crippen molar-refractivity contribution in [3.63, 3.8) is 0 Å². The van der Waals surface area contributed by atoms with E-state index in [9.17, 15) is 4.79 Å². The fourth-order valence-corrected chi connectivity index (χ4v) is 1.93. The highest BCUT2D eigenvalue weighted by atomic mass is 16.2. The first-order valence-corrected chi connectivity index (χ1v) is 6.57. The SMILES string of the molecule is Cc1ccc(/C=N/NC(=O)c2nc3ccccc3[nH]2)cc1. The molecule has 0 saturated heterocycles. The van der Waals surface area contributed by atoms with Crippen LogP contribution >= 0.6 is 0 Å². The van der Waals surface area contributed by atoms with Crippen LogP contribution in [0.25, 0.3) is 11.0 Å². The Morgan fingerprint density at radius 3 is 2.71 bits per heavy atom. The lowest BCUT2D eigenvalue weighted by atomic mass is 10.2. The second kappa shape index (κ2) is 5.58. The molecule has 0 atom stereocenters. The average Bonchev–Trinajstić information content (AvgIpc) is 2.93. The number of hydrogen-bond acceptors (Lipinski definition) is 3. The van der Waals surface area contributed by atoms with Crippen LogP contribution in [0.1, 0.15) is 21.7 Å². The molecule has 2 N–H and O–H groups in total. The predicted molar refractivity (Wildman–Crippen MR) is 82.3 cm³/mol. The fourth-order valence-electron chi connectivity index (χ4n) is 1.93. The minimum atomic E-state index is -0.366. The lowest BCUT2D eigenvalue weighted by Gasteiger charge is -1.96. The van der Waals surface area contributed by atoms with Gasteiger partial charge in [0.05, 0.1) is 17.2 Å². The first kappa shape index (κ1) is 13.1. The van der Waals surface area contributed by atoms with Crippen molar-refractivity contribution in [2.24, 2.45) is 5.10 Å². The zero-order valence-corrected chi connectivity index (χ0v) is 11.5. The van der Waals surface area contributed by atoms with Gasteiger partial charge in [-0.1, -0.05) is 42.0 Å². The van der Waals surface area contributed by atoms with Crippen LogP contribution in [0.15, 0.2) is 53.6 Å². The van der Waals surface area contributed by atoms with Gasteiger partial charge in [-0.15, -0.1) is 0 Å². The van der Waals surface area contributed by atoms with E-state index in [0.717, 1.165) is 16.6 Å². The van der Waals surface area contributed by atoms with Gasteiger partial charge in [0.1, 0.15) is 0 Å². The molecule has 2 aromatic carbocycles. The number of nitrogens with zero attached hydrogens (tertiary/aromatic N) is 2. The van der Waals surface area contributed by atoms with Crippen molar-refractivity contribution in [3.05, 3.63) is 65.5 Å². The summed E-state index contributed by atoms with van der Waals surface area (Å²) < 4.78 is 0. The predicted octanol–water partition coefficient (Wildman–Crippen LogP) is 2.64. The van der Waals surface area contributed by atoms with Gasteiger partial charge >= 0.3 is 5.91 Å². The molecule has 0 spiro atoms. The number of hydrazone groups is 1. The smallest absolute Gasteiger partial charge is 0.307 e. The quantitative estimate of drug-likeness (QED) is 0.571.